The lowest BCUT2D eigenvalue weighted by Gasteiger charge is -2.08. The third-order valence-corrected chi connectivity index (χ3v) is 4.23. The number of aliphatic hydroxyl groups is 1. The number of nitrogens with zero attached hydrogens (tertiary/aromatic N) is 3. The molecule has 2 aromatic heterocycles. The van der Waals surface area contributed by atoms with Crippen LogP contribution in [0, 0.1) is 0 Å². The van der Waals surface area contributed by atoms with Gasteiger partial charge in [-0.05, 0) is 34.5 Å². The Bertz CT molecular complexity index is 474. The number of rotatable bonds is 3. The zero-order valence-electron chi connectivity index (χ0n) is 9.01. The molecule has 86 valence electrons. The van der Waals surface area contributed by atoms with E-state index in [1.807, 2.05) is 12.1 Å². The predicted octanol–water partition coefficient (Wildman–Crippen LogP) is 2.28. The molecule has 0 aliphatic rings. The first-order valence-corrected chi connectivity index (χ1v) is 6.56. The molecular weight excluding hydrogens is 290 g/mol. The average molecular weight is 302 g/mol. The molecule has 0 aliphatic heterocycles. The van der Waals surface area contributed by atoms with E-state index in [0.717, 1.165) is 11.3 Å². The van der Waals surface area contributed by atoms with Crippen molar-refractivity contribution < 1.29 is 5.11 Å². The summed E-state index contributed by atoms with van der Waals surface area (Å²) in [6.45, 7) is 2.10. The minimum absolute atomic E-state index is 0.592. The van der Waals surface area contributed by atoms with Crippen LogP contribution in [0.15, 0.2) is 16.7 Å². The van der Waals surface area contributed by atoms with Gasteiger partial charge in [0, 0.05) is 16.8 Å². The number of aromatic nitrogens is 3. The third kappa shape index (κ3) is 2.05. The van der Waals surface area contributed by atoms with E-state index in [1.165, 1.54) is 4.88 Å². The highest BCUT2D eigenvalue weighted by Gasteiger charge is 2.20. The van der Waals surface area contributed by atoms with Gasteiger partial charge < -0.3 is 5.11 Å². The number of aryl methyl sites for hydroxylation is 2. The molecule has 0 aromatic carbocycles. The van der Waals surface area contributed by atoms with Gasteiger partial charge in [0.1, 0.15) is 11.8 Å². The van der Waals surface area contributed by atoms with Gasteiger partial charge in [-0.1, -0.05) is 12.1 Å². The lowest BCUT2D eigenvalue weighted by atomic mass is 10.2. The summed E-state index contributed by atoms with van der Waals surface area (Å²) in [6.07, 6.45) is 0.321. The van der Waals surface area contributed by atoms with Crippen LogP contribution in [0.4, 0.5) is 0 Å². The normalized spacial score (nSPS) is 13.0. The van der Waals surface area contributed by atoms with Crippen molar-refractivity contribution in [2.75, 3.05) is 0 Å². The molecule has 0 aliphatic carbocycles. The van der Waals surface area contributed by atoms with Crippen molar-refractivity contribution >= 4 is 27.3 Å². The van der Waals surface area contributed by atoms with Crippen molar-refractivity contribution in [3.63, 3.8) is 0 Å². The molecule has 0 spiro atoms. The number of aliphatic hydroxyl groups excluding tert-OH is 1. The molecule has 4 nitrogen and oxygen atoms in total. The van der Waals surface area contributed by atoms with E-state index in [1.54, 1.807) is 23.1 Å². The van der Waals surface area contributed by atoms with Gasteiger partial charge in [0.05, 0.1) is 0 Å². The van der Waals surface area contributed by atoms with E-state index in [0.29, 0.717) is 10.3 Å². The summed E-state index contributed by atoms with van der Waals surface area (Å²) in [6, 6.07) is 3.99. The fraction of sp³-hybridized carbons (Fsp3) is 0.400. The fourth-order valence-electron chi connectivity index (χ4n) is 1.50. The van der Waals surface area contributed by atoms with Gasteiger partial charge >= 0.3 is 0 Å². The molecule has 0 radical (unpaired) electrons. The first-order chi connectivity index (χ1) is 7.63. The topological polar surface area (TPSA) is 50.9 Å². The molecule has 0 amide bonds. The van der Waals surface area contributed by atoms with E-state index >= 15 is 0 Å². The summed E-state index contributed by atoms with van der Waals surface area (Å²) in [7, 11) is 1.77. The highest BCUT2D eigenvalue weighted by Crippen LogP contribution is 2.31. The molecule has 2 heterocycles. The zero-order chi connectivity index (χ0) is 11.7. The summed E-state index contributed by atoms with van der Waals surface area (Å²) in [5.74, 6) is 0. The van der Waals surface area contributed by atoms with E-state index < -0.39 is 6.10 Å². The summed E-state index contributed by atoms with van der Waals surface area (Å²) >= 11 is 4.91. The number of hydrogen-bond acceptors (Lipinski definition) is 4. The van der Waals surface area contributed by atoms with Crippen LogP contribution in [0.1, 0.15) is 28.5 Å². The minimum Gasteiger partial charge on any atom is -0.381 e. The van der Waals surface area contributed by atoms with Gasteiger partial charge in [-0.25, -0.2) is 4.68 Å². The SMILES string of the molecule is CCc1ccc(C(O)c2c(Br)nnn2C)s1. The Hall–Kier alpha value is -0.720. The molecule has 1 N–H and O–H groups in total. The molecule has 0 bridgehead atoms. The van der Waals surface area contributed by atoms with Crippen LogP contribution in [-0.2, 0) is 13.5 Å². The number of hydrogen-bond donors (Lipinski definition) is 1. The average Bonchev–Trinajstić information content (AvgIpc) is 2.85. The Morgan fingerprint density at radius 2 is 2.31 bits per heavy atom. The second-order valence-corrected chi connectivity index (χ2v) is 5.40. The molecular formula is C10H12BrN3OS. The predicted molar refractivity (Wildman–Crippen MR) is 66.5 cm³/mol. The van der Waals surface area contributed by atoms with Crippen LogP contribution < -0.4 is 0 Å². The van der Waals surface area contributed by atoms with Crippen molar-refractivity contribution in [3.8, 4) is 0 Å². The Morgan fingerprint density at radius 1 is 1.56 bits per heavy atom. The Balaban J connectivity index is 2.34. The Labute approximate surface area is 106 Å². The van der Waals surface area contributed by atoms with Gasteiger partial charge in [0.15, 0.2) is 4.60 Å². The van der Waals surface area contributed by atoms with Crippen molar-refractivity contribution in [2.24, 2.45) is 7.05 Å². The molecule has 0 fully saturated rings. The summed E-state index contributed by atoms with van der Waals surface area (Å²) in [4.78, 5) is 2.18. The zero-order valence-corrected chi connectivity index (χ0v) is 11.4. The third-order valence-electron chi connectivity index (χ3n) is 2.39. The van der Waals surface area contributed by atoms with Gasteiger partial charge in [0.2, 0.25) is 0 Å². The van der Waals surface area contributed by atoms with Gasteiger partial charge in [0.25, 0.3) is 0 Å². The standard InChI is InChI=1S/C10H12BrN3OS/c1-3-6-4-5-7(16-6)9(15)8-10(11)12-13-14(8)2/h4-5,9,15H,3H2,1-2H3. The monoisotopic (exact) mass is 301 g/mol. The first-order valence-electron chi connectivity index (χ1n) is 4.95. The van der Waals surface area contributed by atoms with Gasteiger partial charge in [-0.3, -0.25) is 0 Å². The van der Waals surface area contributed by atoms with Crippen LogP contribution in [-0.4, -0.2) is 20.1 Å². The maximum atomic E-state index is 10.2. The highest BCUT2D eigenvalue weighted by molar-refractivity contribution is 9.10. The van der Waals surface area contributed by atoms with Gasteiger partial charge in [-0.15, -0.1) is 16.4 Å². The van der Waals surface area contributed by atoms with Crippen molar-refractivity contribution in [1.82, 2.24) is 15.0 Å². The quantitative estimate of drug-likeness (QED) is 0.946. The molecule has 2 aromatic rings. The molecule has 1 unspecified atom stereocenters. The van der Waals surface area contributed by atoms with Gasteiger partial charge in [-0.2, -0.15) is 0 Å². The molecule has 1 atom stereocenters. The van der Waals surface area contributed by atoms with E-state index in [9.17, 15) is 5.11 Å². The second kappa shape index (κ2) is 4.65. The Kier molecular flexibility index (Phi) is 3.41. The largest absolute Gasteiger partial charge is 0.381 e. The maximum absolute atomic E-state index is 10.2. The summed E-state index contributed by atoms with van der Waals surface area (Å²) < 4.78 is 2.18. The van der Waals surface area contributed by atoms with Crippen LogP contribution in [0.3, 0.4) is 0 Å². The van der Waals surface area contributed by atoms with E-state index in [-0.39, 0.29) is 0 Å². The molecule has 0 saturated carbocycles. The molecule has 6 heteroatoms. The van der Waals surface area contributed by atoms with Crippen LogP contribution >= 0.6 is 27.3 Å². The fourth-order valence-corrected chi connectivity index (χ4v) is 2.98. The van der Waals surface area contributed by atoms with E-state index in [4.69, 9.17) is 0 Å². The highest BCUT2D eigenvalue weighted by atomic mass is 79.9. The second-order valence-electron chi connectivity index (χ2n) is 3.45. The molecule has 2 rings (SSSR count). The lowest BCUT2D eigenvalue weighted by molar-refractivity contribution is 0.212. The summed E-state index contributed by atoms with van der Waals surface area (Å²) in [5, 5.41) is 17.9. The number of halogens is 1. The Morgan fingerprint density at radius 3 is 2.81 bits per heavy atom. The van der Waals surface area contributed by atoms with Crippen LogP contribution in [0.2, 0.25) is 0 Å². The lowest BCUT2D eigenvalue weighted by Crippen LogP contribution is -2.05. The van der Waals surface area contributed by atoms with E-state index in [2.05, 4.69) is 33.2 Å². The molecule has 0 saturated heterocycles. The first kappa shape index (κ1) is 11.8. The minimum atomic E-state index is -0.667. The van der Waals surface area contributed by atoms with Crippen LogP contribution in [0.5, 0.6) is 0 Å². The van der Waals surface area contributed by atoms with Crippen molar-refractivity contribution in [2.45, 2.75) is 19.4 Å². The summed E-state index contributed by atoms with van der Waals surface area (Å²) in [5.41, 5.74) is 0.685. The molecule has 16 heavy (non-hydrogen) atoms. The van der Waals surface area contributed by atoms with Crippen molar-refractivity contribution in [1.29, 1.82) is 0 Å². The number of thiophene rings is 1. The van der Waals surface area contributed by atoms with Crippen molar-refractivity contribution in [3.05, 3.63) is 32.2 Å². The van der Waals surface area contributed by atoms with Crippen LogP contribution in [0.25, 0.3) is 0 Å². The smallest absolute Gasteiger partial charge is 0.154 e. The maximum Gasteiger partial charge on any atom is 0.154 e.